The molecule has 150 valence electrons. The van der Waals surface area contributed by atoms with Gasteiger partial charge < -0.3 is 39.9 Å². The van der Waals surface area contributed by atoms with Gasteiger partial charge in [0.1, 0.15) is 30.2 Å². The van der Waals surface area contributed by atoms with E-state index in [0.29, 0.717) is 0 Å². The van der Waals surface area contributed by atoms with Crippen molar-refractivity contribution in [2.75, 3.05) is 12.3 Å². The zero-order valence-corrected chi connectivity index (χ0v) is 14.9. The second kappa shape index (κ2) is 7.14. The van der Waals surface area contributed by atoms with E-state index in [0.717, 1.165) is 6.33 Å². The minimum atomic E-state index is -5.79. The first-order valence-electron chi connectivity index (χ1n) is 7.14. The molecule has 5 atom stereocenters. The van der Waals surface area contributed by atoms with Crippen molar-refractivity contribution in [3.8, 4) is 0 Å². The molecular formula is C10H13N5O10P2-2. The number of imidazole rings is 1. The highest BCUT2D eigenvalue weighted by Gasteiger charge is 2.45. The number of hydrogen-bond acceptors (Lipinski definition) is 13. The fraction of sp³-hybridized carbons (Fsp3) is 0.500. The summed E-state index contributed by atoms with van der Waals surface area (Å²) >= 11 is 0. The van der Waals surface area contributed by atoms with Gasteiger partial charge in [0.15, 0.2) is 17.7 Å². The third-order valence-corrected chi connectivity index (χ3v) is 5.70. The number of anilines is 1. The summed E-state index contributed by atoms with van der Waals surface area (Å²) in [7, 11) is -11.0. The summed E-state index contributed by atoms with van der Waals surface area (Å²) in [5.41, 5.74) is 6.07. The fourth-order valence-electron chi connectivity index (χ4n) is 2.47. The Kier molecular flexibility index (Phi) is 5.35. The molecule has 0 aliphatic carbocycles. The van der Waals surface area contributed by atoms with Crippen molar-refractivity contribution in [1.82, 2.24) is 19.5 Å². The summed E-state index contributed by atoms with van der Waals surface area (Å²) < 4.78 is 36.2. The van der Waals surface area contributed by atoms with Gasteiger partial charge in [-0.1, -0.05) is 0 Å². The van der Waals surface area contributed by atoms with Crippen molar-refractivity contribution in [2.45, 2.75) is 24.5 Å². The van der Waals surface area contributed by atoms with Crippen LogP contribution in [-0.2, 0) is 22.7 Å². The van der Waals surface area contributed by atoms with Crippen LogP contribution in [0.4, 0.5) is 5.82 Å². The number of nitrogens with zero attached hydrogens (tertiary/aromatic N) is 4. The molecule has 1 fully saturated rings. The van der Waals surface area contributed by atoms with E-state index in [4.69, 9.17) is 10.5 Å². The van der Waals surface area contributed by atoms with E-state index in [1.807, 2.05) is 0 Å². The van der Waals surface area contributed by atoms with Gasteiger partial charge >= 0.3 is 7.82 Å². The lowest BCUT2D eigenvalue weighted by Gasteiger charge is -2.30. The molecule has 5 N–H and O–H groups in total. The molecular weight excluding hydrogens is 412 g/mol. The van der Waals surface area contributed by atoms with Gasteiger partial charge in [-0.2, -0.15) is 0 Å². The molecule has 0 bridgehead atoms. The molecule has 1 aliphatic heterocycles. The SMILES string of the molecule is Nc1ncnc2c1ncn2[C@@H]1O[C@H](COP(=O)(O)OP(=O)([O-])[O-])[C@@H](O)[C@H]1O. The summed E-state index contributed by atoms with van der Waals surface area (Å²) in [5.74, 6) is 0.0738. The number of aliphatic hydroxyl groups is 2. The molecule has 0 spiro atoms. The first kappa shape index (κ1) is 20.2. The zero-order chi connectivity index (χ0) is 20.0. The molecule has 1 unspecified atom stereocenters. The maximum absolute atomic E-state index is 11.4. The zero-order valence-electron chi connectivity index (χ0n) is 13.1. The predicted molar refractivity (Wildman–Crippen MR) is 80.1 cm³/mol. The van der Waals surface area contributed by atoms with Crippen LogP contribution in [0.5, 0.6) is 0 Å². The molecule has 27 heavy (non-hydrogen) atoms. The normalized spacial score (nSPS) is 28.5. The Bertz CT molecular complexity index is 932. The Hall–Kier alpha value is -1.51. The standard InChI is InChI=1S/C10H15N5O10P2/c11-8-5-9(13-2-12-8)15(3-14-5)10-7(17)6(16)4(24-10)1-23-27(21,22)25-26(18,19)20/h2-4,6-7,10,16-17H,1H2,(H,21,22)(H2,11,12,13)(H2,18,19,20)/p-2/t4-,6-,7-,10-/m1/s1. The topological polar surface area (TPSA) is 238 Å². The number of aromatic nitrogens is 4. The number of hydrogen-bond donors (Lipinski definition) is 4. The number of rotatable bonds is 6. The highest BCUT2D eigenvalue weighted by atomic mass is 31.3. The van der Waals surface area contributed by atoms with E-state index < -0.39 is 46.8 Å². The van der Waals surface area contributed by atoms with Crippen LogP contribution in [-0.4, -0.2) is 59.5 Å². The van der Waals surface area contributed by atoms with Gasteiger partial charge in [-0.25, -0.2) is 19.5 Å². The second-order valence-corrected chi connectivity index (χ2v) is 8.17. The molecule has 1 saturated heterocycles. The molecule has 3 rings (SSSR count). The van der Waals surface area contributed by atoms with Crippen LogP contribution < -0.4 is 15.5 Å². The van der Waals surface area contributed by atoms with Gasteiger partial charge in [0.2, 0.25) is 0 Å². The number of phosphoric acid groups is 2. The summed E-state index contributed by atoms with van der Waals surface area (Å²) in [5, 5.41) is 20.2. The summed E-state index contributed by atoms with van der Waals surface area (Å²) in [6.45, 7) is -0.869. The number of ether oxygens (including phenoxy) is 1. The number of phosphoric ester groups is 1. The molecule has 0 saturated carbocycles. The number of fused-ring (bicyclic) bond motifs is 1. The Morgan fingerprint density at radius 2 is 1.96 bits per heavy atom. The smallest absolute Gasteiger partial charge is 0.476 e. The van der Waals surface area contributed by atoms with Crippen LogP contribution in [0.15, 0.2) is 12.7 Å². The van der Waals surface area contributed by atoms with Crippen LogP contribution in [0.2, 0.25) is 0 Å². The third-order valence-electron chi connectivity index (χ3n) is 3.60. The molecule has 17 heteroatoms. The monoisotopic (exact) mass is 425 g/mol. The van der Waals surface area contributed by atoms with Gasteiger partial charge in [-0.15, -0.1) is 0 Å². The van der Waals surface area contributed by atoms with Crippen LogP contribution in [0.1, 0.15) is 6.23 Å². The lowest BCUT2D eigenvalue weighted by molar-refractivity contribution is -0.334. The Morgan fingerprint density at radius 3 is 2.63 bits per heavy atom. The van der Waals surface area contributed by atoms with Crippen molar-refractivity contribution in [3.05, 3.63) is 12.7 Å². The minimum Gasteiger partial charge on any atom is -0.789 e. The Morgan fingerprint density at radius 1 is 1.26 bits per heavy atom. The molecule has 0 aromatic carbocycles. The van der Waals surface area contributed by atoms with Crippen molar-refractivity contribution < 1.29 is 47.6 Å². The van der Waals surface area contributed by atoms with Crippen molar-refractivity contribution in [1.29, 1.82) is 0 Å². The van der Waals surface area contributed by atoms with Gasteiger partial charge in [0.25, 0.3) is 0 Å². The molecule has 0 amide bonds. The average Bonchev–Trinajstić information content (AvgIpc) is 3.07. The van der Waals surface area contributed by atoms with E-state index in [-0.39, 0.29) is 17.0 Å². The van der Waals surface area contributed by atoms with Crippen LogP contribution >= 0.6 is 15.6 Å². The lowest BCUT2D eigenvalue weighted by Crippen LogP contribution is -2.33. The Balaban J connectivity index is 1.75. The first-order chi connectivity index (χ1) is 12.5. The van der Waals surface area contributed by atoms with Crippen molar-refractivity contribution in [2.24, 2.45) is 0 Å². The van der Waals surface area contributed by atoms with Gasteiger partial charge in [0, 0.05) is 0 Å². The Labute approximate surface area is 150 Å². The number of nitrogen functional groups attached to an aromatic ring is 1. The van der Waals surface area contributed by atoms with E-state index in [1.54, 1.807) is 0 Å². The quantitative estimate of drug-likeness (QED) is 0.337. The molecule has 2 aromatic heterocycles. The van der Waals surface area contributed by atoms with Gasteiger partial charge in [-0.05, 0) is 0 Å². The van der Waals surface area contributed by atoms with Crippen molar-refractivity contribution >= 4 is 32.6 Å². The maximum Gasteiger partial charge on any atom is 0.476 e. The van der Waals surface area contributed by atoms with Crippen LogP contribution in [0, 0.1) is 0 Å². The summed E-state index contributed by atoms with van der Waals surface area (Å²) in [6.07, 6.45) is -3.35. The highest BCUT2D eigenvalue weighted by molar-refractivity contribution is 7.59. The van der Waals surface area contributed by atoms with Crippen LogP contribution in [0.25, 0.3) is 11.2 Å². The average molecular weight is 425 g/mol. The lowest BCUT2D eigenvalue weighted by atomic mass is 10.1. The van der Waals surface area contributed by atoms with Crippen molar-refractivity contribution in [3.63, 3.8) is 0 Å². The summed E-state index contributed by atoms with van der Waals surface area (Å²) in [6, 6.07) is 0. The van der Waals surface area contributed by atoms with Crippen LogP contribution in [0.3, 0.4) is 0 Å². The second-order valence-electron chi connectivity index (χ2n) is 5.42. The molecule has 3 heterocycles. The summed E-state index contributed by atoms with van der Waals surface area (Å²) in [4.78, 5) is 41.7. The highest BCUT2D eigenvalue weighted by Crippen LogP contribution is 2.54. The molecule has 2 aromatic rings. The van der Waals surface area contributed by atoms with E-state index in [2.05, 4.69) is 23.8 Å². The minimum absolute atomic E-state index is 0.0738. The third kappa shape index (κ3) is 4.33. The van der Waals surface area contributed by atoms with E-state index >= 15 is 0 Å². The maximum atomic E-state index is 11.4. The predicted octanol–water partition coefficient (Wildman–Crippen LogP) is -3.01. The van der Waals surface area contributed by atoms with Gasteiger partial charge in [0.05, 0.1) is 20.8 Å². The van der Waals surface area contributed by atoms with E-state index in [9.17, 15) is 34.0 Å². The molecule has 15 nitrogen and oxygen atoms in total. The first-order valence-corrected chi connectivity index (χ1v) is 10.1. The molecule has 1 aliphatic rings. The van der Waals surface area contributed by atoms with Gasteiger partial charge in [-0.3, -0.25) is 13.4 Å². The largest absolute Gasteiger partial charge is 0.789 e. The fourth-order valence-corrected chi connectivity index (χ4v) is 4.01. The number of aliphatic hydroxyl groups excluding tert-OH is 2. The van der Waals surface area contributed by atoms with E-state index in [1.165, 1.54) is 10.9 Å². The number of nitrogens with two attached hydrogens (primary N) is 1. The molecule has 0 radical (unpaired) electrons.